The molecule has 0 aliphatic rings. The minimum atomic E-state index is 0.0911. The smallest absolute Gasteiger partial charge is 0.141 e. The summed E-state index contributed by atoms with van der Waals surface area (Å²) in [7, 11) is 0. The Kier molecular flexibility index (Phi) is 5.08. The van der Waals surface area contributed by atoms with E-state index in [1.165, 1.54) is 0 Å². The first-order chi connectivity index (χ1) is 7.52. The van der Waals surface area contributed by atoms with Crippen LogP contribution < -0.4 is 11.1 Å². The van der Waals surface area contributed by atoms with Crippen molar-refractivity contribution in [2.75, 3.05) is 5.32 Å². The number of benzene rings is 1. The molecular weight excluding hydrogens is 338 g/mol. The molecule has 1 aromatic carbocycles. The van der Waals surface area contributed by atoms with Crippen LogP contribution in [0.2, 0.25) is 0 Å². The van der Waals surface area contributed by atoms with E-state index in [1.807, 2.05) is 25.1 Å². The van der Waals surface area contributed by atoms with Crippen LogP contribution in [-0.2, 0) is 0 Å². The molecule has 1 unspecified atom stereocenters. The number of anilines is 1. The monoisotopic (exact) mass is 349 g/mol. The first-order valence-electron chi connectivity index (χ1n) is 4.71. The van der Waals surface area contributed by atoms with Crippen LogP contribution in [0.1, 0.15) is 13.3 Å². The van der Waals surface area contributed by atoms with Gasteiger partial charge in [0.05, 0.1) is 0 Å². The van der Waals surface area contributed by atoms with Gasteiger partial charge in [-0.15, -0.1) is 0 Å². The molecule has 0 aliphatic carbocycles. The van der Waals surface area contributed by atoms with Crippen LogP contribution in [0, 0.1) is 0 Å². The molecule has 0 fully saturated rings. The molecule has 0 heterocycles. The van der Waals surface area contributed by atoms with E-state index in [9.17, 15) is 0 Å². The lowest BCUT2D eigenvalue weighted by molar-refractivity contribution is 0.316. The minimum absolute atomic E-state index is 0.0911. The summed E-state index contributed by atoms with van der Waals surface area (Å²) in [5, 5.41) is 14.7. The molecule has 1 aromatic rings. The van der Waals surface area contributed by atoms with Gasteiger partial charge in [0.25, 0.3) is 0 Å². The van der Waals surface area contributed by atoms with Crippen molar-refractivity contribution in [2.45, 2.75) is 19.4 Å². The zero-order chi connectivity index (χ0) is 12.1. The average molecular weight is 351 g/mol. The van der Waals surface area contributed by atoms with Crippen molar-refractivity contribution in [3.05, 3.63) is 27.1 Å². The molecule has 0 radical (unpaired) electrons. The Morgan fingerprint density at radius 2 is 2.25 bits per heavy atom. The molecule has 0 spiro atoms. The summed E-state index contributed by atoms with van der Waals surface area (Å²) in [6.07, 6.45) is 0.485. The Labute approximate surface area is 111 Å². The fourth-order valence-corrected chi connectivity index (χ4v) is 2.44. The summed E-state index contributed by atoms with van der Waals surface area (Å²) < 4.78 is 1.97. The Bertz CT molecular complexity index is 396. The molecule has 0 aromatic heterocycles. The van der Waals surface area contributed by atoms with Crippen LogP contribution in [0.4, 0.5) is 5.69 Å². The van der Waals surface area contributed by atoms with E-state index in [1.54, 1.807) is 0 Å². The van der Waals surface area contributed by atoms with E-state index >= 15 is 0 Å². The molecule has 0 aliphatic heterocycles. The standard InChI is InChI=1S/C10H13Br2N3O/c1-6(4-10(13)15-16)14-9-3-2-7(11)5-8(9)12/h2-3,5-6,14,16H,4H2,1H3,(H2,13,15). The predicted molar refractivity (Wildman–Crippen MR) is 73.0 cm³/mol. The molecule has 4 N–H and O–H groups in total. The number of halogens is 2. The third-order valence-electron chi connectivity index (χ3n) is 1.98. The normalized spacial score (nSPS) is 13.6. The average Bonchev–Trinajstić information content (AvgIpc) is 2.22. The highest BCUT2D eigenvalue weighted by Crippen LogP contribution is 2.26. The molecule has 4 nitrogen and oxygen atoms in total. The molecule has 0 saturated heterocycles. The fourth-order valence-electron chi connectivity index (χ4n) is 1.28. The van der Waals surface area contributed by atoms with E-state index in [0.717, 1.165) is 14.6 Å². The van der Waals surface area contributed by atoms with Crippen molar-refractivity contribution >= 4 is 43.4 Å². The quantitative estimate of drug-likeness (QED) is 0.338. The van der Waals surface area contributed by atoms with Crippen LogP contribution in [0.25, 0.3) is 0 Å². The zero-order valence-corrected chi connectivity index (χ0v) is 11.9. The molecule has 0 amide bonds. The van der Waals surface area contributed by atoms with Crippen LogP contribution in [0.15, 0.2) is 32.3 Å². The highest BCUT2D eigenvalue weighted by atomic mass is 79.9. The molecule has 1 atom stereocenters. The van der Waals surface area contributed by atoms with Crippen LogP contribution in [0.3, 0.4) is 0 Å². The number of nitrogens with zero attached hydrogens (tertiary/aromatic N) is 1. The van der Waals surface area contributed by atoms with Crippen LogP contribution in [0.5, 0.6) is 0 Å². The van der Waals surface area contributed by atoms with Crippen LogP contribution in [-0.4, -0.2) is 17.1 Å². The third kappa shape index (κ3) is 4.02. The van der Waals surface area contributed by atoms with Crippen molar-refractivity contribution in [3.8, 4) is 0 Å². The summed E-state index contributed by atoms with van der Waals surface area (Å²) in [5.74, 6) is 0.216. The van der Waals surface area contributed by atoms with Crippen molar-refractivity contribution in [1.82, 2.24) is 0 Å². The second kappa shape index (κ2) is 6.10. The van der Waals surface area contributed by atoms with Gasteiger partial charge in [0, 0.05) is 27.1 Å². The van der Waals surface area contributed by atoms with Gasteiger partial charge in [0.2, 0.25) is 0 Å². The Morgan fingerprint density at radius 1 is 1.56 bits per heavy atom. The van der Waals surface area contributed by atoms with Crippen LogP contribution >= 0.6 is 31.9 Å². The molecule has 88 valence electrons. The summed E-state index contributed by atoms with van der Waals surface area (Å²) in [6, 6.07) is 5.95. The second-order valence-corrected chi connectivity index (χ2v) is 5.24. The summed E-state index contributed by atoms with van der Waals surface area (Å²) in [4.78, 5) is 0. The van der Waals surface area contributed by atoms with Gasteiger partial charge >= 0.3 is 0 Å². The summed E-state index contributed by atoms with van der Waals surface area (Å²) in [6.45, 7) is 1.96. The molecule has 0 bridgehead atoms. The van der Waals surface area contributed by atoms with Gasteiger partial charge in [-0.3, -0.25) is 0 Å². The largest absolute Gasteiger partial charge is 0.409 e. The fraction of sp³-hybridized carbons (Fsp3) is 0.300. The molecule has 0 saturated carbocycles. The zero-order valence-electron chi connectivity index (χ0n) is 8.74. The first-order valence-corrected chi connectivity index (χ1v) is 6.29. The Hall–Kier alpha value is -0.750. The number of amidine groups is 1. The topological polar surface area (TPSA) is 70.6 Å². The number of hydrogen-bond acceptors (Lipinski definition) is 3. The maximum absolute atomic E-state index is 8.46. The van der Waals surface area contributed by atoms with Crippen molar-refractivity contribution in [3.63, 3.8) is 0 Å². The second-order valence-electron chi connectivity index (χ2n) is 3.47. The summed E-state index contributed by atoms with van der Waals surface area (Å²) >= 11 is 6.84. The lowest BCUT2D eigenvalue weighted by Gasteiger charge is -2.15. The highest BCUT2D eigenvalue weighted by molar-refractivity contribution is 9.11. The van der Waals surface area contributed by atoms with Gasteiger partial charge in [-0.25, -0.2) is 0 Å². The van der Waals surface area contributed by atoms with Gasteiger partial charge in [0.1, 0.15) is 5.84 Å². The number of oxime groups is 1. The maximum atomic E-state index is 8.46. The van der Waals surface area contributed by atoms with Gasteiger partial charge in [-0.1, -0.05) is 21.1 Å². The van der Waals surface area contributed by atoms with E-state index in [0.29, 0.717) is 6.42 Å². The minimum Gasteiger partial charge on any atom is -0.409 e. The van der Waals surface area contributed by atoms with E-state index in [2.05, 4.69) is 42.3 Å². The van der Waals surface area contributed by atoms with Gasteiger partial charge in [-0.2, -0.15) is 0 Å². The third-order valence-corrected chi connectivity index (χ3v) is 3.13. The predicted octanol–water partition coefficient (Wildman–Crippen LogP) is 3.15. The van der Waals surface area contributed by atoms with Crippen molar-refractivity contribution in [1.29, 1.82) is 0 Å². The Balaban J connectivity index is 2.66. The van der Waals surface area contributed by atoms with Gasteiger partial charge < -0.3 is 16.3 Å². The first kappa shape index (κ1) is 13.3. The van der Waals surface area contributed by atoms with Crippen molar-refractivity contribution < 1.29 is 5.21 Å². The molecule has 1 rings (SSSR count). The van der Waals surface area contributed by atoms with Gasteiger partial charge in [-0.05, 0) is 41.1 Å². The van der Waals surface area contributed by atoms with Gasteiger partial charge in [0.15, 0.2) is 0 Å². The summed E-state index contributed by atoms with van der Waals surface area (Å²) in [5.41, 5.74) is 6.40. The number of rotatable bonds is 4. The molecule has 6 heteroatoms. The number of hydrogen-bond donors (Lipinski definition) is 3. The number of nitrogens with two attached hydrogens (primary N) is 1. The lowest BCUT2D eigenvalue weighted by Crippen LogP contribution is -2.24. The van der Waals surface area contributed by atoms with E-state index in [4.69, 9.17) is 10.9 Å². The SMILES string of the molecule is CC(CC(N)=NO)Nc1ccc(Br)cc1Br. The number of nitrogens with one attached hydrogen (secondary N) is 1. The Morgan fingerprint density at radius 3 is 2.81 bits per heavy atom. The molecule has 16 heavy (non-hydrogen) atoms. The van der Waals surface area contributed by atoms with E-state index < -0.39 is 0 Å². The highest BCUT2D eigenvalue weighted by Gasteiger charge is 2.07. The maximum Gasteiger partial charge on any atom is 0.141 e. The molecular formula is C10H13Br2N3O. The van der Waals surface area contributed by atoms with Crippen molar-refractivity contribution in [2.24, 2.45) is 10.9 Å². The lowest BCUT2D eigenvalue weighted by atomic mass is 10.2. The van der Waals surface area contributed by atoms with E-state index in [-0.39, 0.29) is 11.9 Å².